The molecule has 0 amide bonds. The molecule has 16 heavy (non-hydrogen) atoms. The first-order valence-electron chi connectivity index (χ1n) is 6.21. The van der Waals surface area contributed by atoms with E-state index in [2.05, 4.69) is 50.0 Å². The van der Waals surface area contributed by atoms with Crippen molar-refractivity contribution in [3.63, 3.8) is 0 Å². The predicted molar refractivity (Wildman–Crippen MR) is 71.7 cm³/mol. The molecular formula is C15H23N. The van der Waals surface area contributed by atoms with Crippen LogP contribution in [0.25, 0.3) is 0 Å². The van der Waals surface area contributed by atoms with Gasteiger partial charge in [0.05, 0.1) is 0 Å². The van der Waals surface area contributed by atoms with Gasteiger partial charge in [0.1, 0.15) is 0 Å². The third-order valence-corrected chi connectivity index (χ3v) is 2.92. The molecule has 0 radical (unpaired) electrons. The Balaban J connectivity index is 2.39. The minimum atomic E-state index is 0.440. The summed E-state index contributed by atoms with van der Waals surface area (Å²) in [5.74, 6) is 0. The van der Waals surface area contributed by atoms with Gasteiger partial charge in [0, 0.05) is 6.04 Å². The zero-order valence-corrected chi connectivity index (χ0v) is 10.5. The molecule has 1 atom stereocenters. The number of allylic oxidation sites excluding steroid dienone is 1. The highest BCUT2D eigenvalue weighted by atomic mass is 14.9. The van der Waals surface area contributed by atoms with Crippen molar-refractivity contribution in [1.29, 1.82) is 0 Å². The molecule has 0 aliphatic rings. The first-order chi connectivity index (χ1) is 7.77. The van der Waals surface area contributed by atoms with Crippen molar-refractivity contribution in [3.05, 3.63) is 48.0 Å². The maximum atomic E-state index is 3.73. The maximum absolute atomic E-state index is 3.73. The molecule has 88 valence electrons. The van der Waals surface area contributed by atoms with Gasteiger partial charge in [0.25, 0.3) is 0 Å². The van der Waals surface area contributed by atoms with Crippen LogP contribution in [0.1, 0.15) is 43.9 Å². The van der Waals surface area contributed by atoms with Gasteiger partial charge >= 0.3 is 0 Å². The fourth-order valence-electron chi connectivity index (χ4n) is 1.72. The molecule has 0 aliphatic heterocycles. The van der Waals surface area contributed by atoms with Crippen LogP contribution in [0.2, 0.25) is 0 Å². The highest BCUT2D eigenvalue weighted by Crippen LogP contribution is 2.13. The topological polar surface area (TPSA) is 12.0 Å². The molecule has 0 fully saturated rings. The largest absolute Gasteiger partial charge is 0.310 e. The van der Waals surface area contributed by atoms with Crippen LogP contribution in [-0.4, -0.2) is 6.54 Å². The van der Waals surface area contributed by atoms with Crippen LogP contribution in [0, 0.1) is 0 Å². The van der Waals surface area contributed by atoms with Crippen LogP contribution in [0.5, 0.6) is 0 Å². The molecule has 0 aromatic heterocycles. The summed E-state index contributed by atoms with van der Waals surface area (Å²) in [6, 6.07) is 9.33. The lowest BCUT2D eigenvalue weighted by Gasteiger charge is -2.14. The van der Waals surface area contributed by atoms with Crippen LogP contribution < -0.4 is 5.32 Å². The van der Waals surface area contributed by atoms with E-state index in [1.54, 1.807) is 0 Å². The van der Waals surface area contributed by atoms with Crippen LogP contribution >= 0.6 is 0 Å². The van der Waals surface area contributed by atoms with E-state index in [1.165, 1.54) is 17.5 Å². The quantitative estimate of drug-likeness (QED) is 0.540. The van der Waals surface area contributed by atoms with Crippen LogP contribution in [0.3, 0.4) is 0 Å². The van der Waals surface area contributed by atoms with Crippen molar-refractivity contribution in [2.45, 2.75) is 39.2 Å². The lowest BCUT2D eigenvalue weighted by atomic mass is 10.0. The van der Waals surface area contributed by atoms with Crippen LogP contribution in [-0.2, 0) is 6.42 Å². The Morgan fingerprint density at radius 3 is 2.56 bits per heavy atom. The van der Waals surface area contributed by atoms with E-state index in [0.717, 1.165) is 19.4 Å². The molecule has 1 N–H and O–H groups in total. The summed E-state index contributed by atoms with van der Waals surface area (Å²) in [6.45, 7) is 9.19. The summed E-state index contributed by atoms with van der Waals surface area (Å²) in [7, 11) is 0. The van der Waals surface area contributed by atoms with Crippen molar-refractivity contribution in [2.75, 3.05) is 6.54 Å². The number of benzene rings is 1. The second-order valence-electron chi connectivity index (χ2n) is 4.20. The zero-order chi connectivity index (χ0) is 11.8. The number of rotatable bonds is 7. The van der Waals surface area contributed by atoms with E-state index in [4.69, 9.17) is 0 Å². The monoisotopic (exact) mass is 217 g/mol. The van der Waals surface area contributed by atoms with Crippen molar-refractivity contribution in [3.8, 4) is 0 Å². The molecule has 1 aromatic carbocycles. The molecule has 1 unspecified atom stereocenters. The highest BCUT2D eigenvalue weighted by molar-refractivity contribution is 5.24. The van der Waals surface area contributed by atoms with Gasteiger partial charge in [0.15, 0.2) is 0 Å². The maximum Gasteiger partial charge on any atom is 0.0291 e. The first-order valence-corrected chi connectivity index (χ1v) is 6.21. The standard InChI is InChI=1S/C15H23N/c1-4-6-7-12-16-13(3)15-10-8-14(5-2)9-11-15/h4,8-11,13,16H,1,5-7,12H2,2-3H3. The SMILES string of the molecule is C=CCCCNC(C)c1ccc(CC)cc1. The molecule has 0 saturated heterocycles. The molecule has 1 nitrogen and oxygen atoms in total. The summed E-state index contributed by atoms with van der Waals surface area (Å²) < 4.78 is 0. The highest BCUT2D eigenvalue weighted by Gasteiger charge is 2.03. The molecule has 1 rings (SSSR count). The number of nitrogens with one attached hydrogen (secondary N) is 1. The van der Waals surface area contributed by atoms with Crippen molar-refractivity contribution >= 4 is 0 Å². The lowest BCUT2D eigenvalue weighted by molar-refractivity contribution is 0.561. The van der Waals surface area contributed by atoms with Gasteiger partial charge in [-0.3, -0.25) is 0 Å². The zero-order valence-electron chi connectivity index (χ0n) is 10.5. The molecule has 0 bridgehead atoms. The van der Waals surface area contributed by atoms with Gasteiger partial charge in [-0.1, -0.05) is 37.3 Å². The summed E-state index contributed by atoms with van der Waals surface area (Å²) >= 11 is 0. The average Bonchev–Trinajstić information content (AvgIpc) is 2.34. The number of unbranched alkanes of at least 4 members (excludes halogenated alkanes) is 1. The van der Waals surface area contributed by atoms with Gasteiger partial charge in [-0.15, -0.1) is 6.58 Å². The summed E-state index contributed by atoms with van der Waals surface area (Å²) in [5, 5.41) is 3.52. The smallest absolute Gasteiger partial charge is 0.0291 e. The molecule has 0 heterocycles. The minimum Gasteiger partial charge on any atom is -0.310 e. The third-order valence-electron chi connectivity index (χ3n) is 2.92. The van der Waals surface area contributed by atoms with E-state index in [9.17, 15) is 0 Å². The predicted octanol–water partition coefficient (Wildman–Crippen LogP) is 3.87. The Bertz CT molecular complexity index is 300. The second-order valence-corrected chi connectivity index (χ2v) is 4.20. The van der Waals surface area contributed by atoms with Gasteiger partial charge in [-0.2, -0.15) is 0 Å². The van der Waals surface area contributed by atoms with Crippen LogP contribution in [0.15, 0.2) is 36.9 Å². The van der Waals surface area contributed by atoms with E-state index in [-0.39, 0.29) is 0 Å². The molecule has 0 aliphatic carbocycles. The Morgan fingerprint density at radius 1 is 1.31 bits per heavy atom. The molecular weight excluding hydrogens is 194 g/mol. The molecule has 0 saturated carbocycles. The molecule has 0 spiro atoms. The fourth-order valence-corrected chi connectivity index (χ4v) is 1.72. The fraction of sp³-hybridized carbons (Fsp3) is 0.467. The number of hydrogen-bond acceptors (Lipinski definition) is 1. The van der Waals surface area contributed by atoms with E-state index in [0.29, 0.717) is 6.04 Å². The molecule has 1 heteroatoms. The summed E-state index contributed by atoms with van der Waals surface area (Å²) in [4.78, 5) is 0. The normalized spacial score (nSPS) is 12.4. The average molecular weight is 217 g/mol. The first kappa shape index (κ1) is 13.0. The number of aryl methyl sites for hydroxylation is 1. The summed E-state index contributed by atoms with van der Waals surface area (Å²) in [5.41, 5.74) is 2.78. The van der Waals surface area contributed by atoms with Gasteiger partial charge < -0.3 is 5.32 Å². The van der Waals surface area contributed by atoms with E-state index < -0.39 is 0 Å². The third kappa shape index (κ3) is 4.19. The van der Waals surface area contributed by atoms with Crippen LogP contribution in [0.4, 0.5) is 0 Å². The van der Waals surface area contributed by atoms with Gasteiger partial charge in [-0.25, -0.2) is 0 Å². The van der Waals surface area contributed by atoms with Crippen molar-refractivity contribution in [2.24, 2.45) is 0 Å². The van der Waals surface area contributed by atoms with Crippen molar-refractivity contribution in [1.82, 2.24) is 5.32 Å². The number of hydrogen-bond donors (Lipinski definition) is 1. The molecule has 1 aromatic rings. The second kappa shape index (κ2) is 7.24. The summed E-state index contributed by atoms with van der Waals surface area (Å²) in [6.07, 6.45) is 5.35. The van der Waals surface area contributed by atoms with E-state index in [1.807, 2.05) is 6.08 Å². The lowest BCUT2D eigenvalue weighted by Crippen LogP contribution is -2.19. The Hall–Kier alpha value is -1.08. The Kier molecular flexibility index (Phi) is 5.87. The van der Waals surface area contributed by atoms with Gasteiger partial charge in [-0.05, 0) is 43.9 Å². The Morgan fingerprint density at radius 2 is 2.00 bits per heavy atom. The van der Waals surface area contributed by atoms with E-state index >= 15 is 0 Å². The Labute approximate surface area is 99.6 Å². The minimum absolute atomic E-state index is 0.440. The van der Waals surface area contributed by atoms with Crippen molar-refractivity contribution < 1.29 is 0 Å². The van der Waals surface area contributed by atoms with Gasteiger partial charge in [0.2, 0.25) is 0 Å².